The molecule has 1 aliphatic rings. The first-order valence-electron chi connectivity index (χ1n) is 8.29. The van der Waals surface area contributed by atoms with Gasteiger partial charge in [0.15, 0.2) is 5.78 Å². The van der Waals surface area contributed by atoms with Crippen molar-refractivity contribution in [3.8, 4) is 0 Å². The number of nitro groups is 1. The van der Waals surface area contributed by atoms with Gasteiger partial charge in [-0.25, -0.2) is 0 Å². The zero-order valence-electron chi connectivity index (χ0n) is 14.1. The van der Waals surface area contributed by atoms with Crippen LogP contribution in [0.3, 0.4) is 0 Å². The quantitative estimate of drug-likeness (QED) is 0.455. The van der Waals surface area contributed by atoms with Gasteiger partial charge >= 0.3 is 5.82 Å². The lowest BCUT2D eigenvalue weighted by Gasteiger charge is -2.29. The molecule has 0 bridgehead atoms. The molecule has 0 unspecified atom stereocenters. The summed E-state index contributed by atoms with van der Waals surface area (Å²) < 4.78 is 1.57. The van der Waals surface area contributed by atoms with Crippen LogP contribution < -0.4 is 0 Å². The lowest BCUT2D eigenvalue weighted by Crippen LogP contribution is -2.27. The zero-order valence-corrected chi connectivity index (χ0v) is 15.7. The molecule has 0 saturated heterocycles. The van der Waals surface area contributed by atoms with Crippen molar-refractivity contribution in [1.29, 1.82) is 0 Å². The highest BCUT2D eigenvalue weighted by Crippen LogP contribution is 2.41. The molecule has 2 atom stereocenters. The minimum Gasteiger partial charge on any atom is -0.358 e. The van der Waals surface area contributed by atoms with Crippen LogP contribution in [0.1, 0.15) is 28.1 Å². The maximum Gasteiger partial charge on any atom is 0.381 e. The van der Waals surface area contributed by atoms with Gasteiger partial charge in [0, 0.05) is 15.7 Å². The number of hydrogen-bond donors (Lipinski definition) is 0. The number of carbonyl (C=O) groups is 1. The van der Waals surface area contributed by atoms with Crippen LogP contribution in [-0.4, -0.2) is 20.3 Å². The van der Waals surface area contributed by atoms with Crippen molar-refractivity contribution in [3.05, 3.63) is 85.1 Å². The Bertz CT molecular complexity index is 1020. The van der Waals surface area contributed by atoms with Crippen LogP contribution in [0.15, 0.2) is 65.3 Å². The molecular formula is C19H15N3O3S2. The van der Waals surface area contributed by atoms with Gasteiger partial charge in [0.05, 0.1) is 0 Å². The number of allylic oxidation sites excluding steroid dienone is 3. The number of carbonyl (C=O) groups excluding carboxylic acids is 1. The van der Waals surface area contributed by atoms with E-state index in [1.807, 2.05) is 47.2 Å². The van der Waals surface area contributed by atoms with E-state index in [4.69, 9.17) is 0 Å². The van der Waals surface area contributed by atoms with E-state index < -0.39 is 11.0 Å². The fraction of sp³-hybridized carbons (Fsp3) is 0.158. The number of thiophene rings is 2. The molecule has 3 aromatic heterocycles. The van der Waals surface area contributed by atoms with Crippen molar-refractivity contribution >= 4 is 40.4 Å². The van der Waals surface area contributed by atoms with E-state index in [9.17, 15) is 14.9 Å². The second-order valence-corrected chi connectivity index (χ2v) is 8.14. The van der Waals surface area contributed by atoms with Gasteiger partial charge in [-0.1, -0.05) is 18.2 Å². The van der Waals surface area contributed by atoms with Gasteiger partial charge in [-0.3, -0.25) is 9.36 Å². The highest BCUT2D eigenvalue weighted by molar-refractivity contribution is 7.10. The van der Waals surface area contributed by atoms with Gasteiger partial charge in [0.25, 0.3) is 0 Å². The first-order valence-corrected chi connectivity index (χ1v) is 10.0. The van der Waals surface area contributed by atoms with Crippen molar-refractivity contribution in [2.24, 2.45) is 0 Å². The van der Waals surface area contributed by atoms with Crippen LogP contribution in [0.5, 0.6) is 0 Å². The Kier molecular flexibility index (Phi) is 4.83. The first-order chi connectivity index (χ1) is 13.1. The van der Waals surface area contributed by atoms with Gasteiger partial charge in [-0.05, 0) is 56.9 Å². The van der Waals surface area contributed by atoms with Crippen molar-refractivity contribution < 1.29 is 9.72 Å². The Hall–Kier alpha value is -2.84. The Balaban J connectivity index is 1.68. The Morgan fingerprint density at radius 1 is 1.22 bits per heavy atom. The summed E-state index contributed by atoms with van der Waals surface area (Å²) in [6, 6.07) is 7.45. The van der Waals surface area contributed by atoms with Crippen LogP contribution in [0.2, 0.25) is 0 Å². The van der Waals surface area contributed by atoms with Crippen molar-refractivity contribution in [1.82, 2.24) is 9.55 Å². The molecule has 3 heterocycles. The predicted octanol–water partition coefficient (Wildman–Crippen LogP) is 4.85. The first kappa shape index (κ1) is 17.6. The van der Waals surface area contributed by atoms with E-state index in [0.29, 0.717) is 6.42 Å². The van der Waals surface area contributed by atoms with E-state index in [2.05, 4.69) is 4.98 Å². The molecule has 0 saturated carbocycles. The third-order valence-corrected chi connectivity index (χ3v) is 6.31. The smallest absolute Gasteiger partial charge is 0.358 e. The number of aromatic nitrogens is 2. The standard InChI is InChI=1S/C19H15N3O3S2/c23-16-10-13(5-6-14-3-1-7-26-14)9-15(17-4-2-8-27-17)19(16)21-11-18(20-12-21)22(24)25/h1-8,10-12,15,19H,9H2/t15-,19-/m0/s1. The predicted molar refractivity (Wildman–Crippen MR) is 106 cm³/mol. The van der Waals surface area contributed by atoms with Crippen LogP contribution in [0.4, 0.5) is 5.82 Å². The summed E-state index contributed by atoms with van der Waals surface area (Å²) in [5.41, 5.74) is 0.956. The van der Waals surface area contributed by atoms with E-state index in [0.717, 1.165) is 15.3 Å². The van der Waals surface area contributed by atoms with Crippen LogP contribution in [-0.2, 0) is 4.79 Å². The highest BCUT2D eigenvalue weighted by atomic mass is 32.1. The van der Waals surface area contributed by atoms with E-state index in [1.54, 1.807) is 33.3 Å². The lowest BCUT2D eigenvalue weighted by atomic mass is 9.82. The fourth-order valence-electron chi connectivity index (χ4n) is 3.27. The molecule has 0 aliphatic heterocycles. The van der Waals surface area contributed by atoms with Crippen LogP contribution >= 0.6 is 22.7 Å². The summed E-state index contributed by atoms with van der Waals surface area (Å²) in [6.45, 7) is 0. The minimum atomic E-state index is -0.547. The number of nitrogens with zero attached hydrogens (tertiary/aromatic N) is 3. The molecule has 1 aliphatic carbocycles. The lowest BCUT2D eigenvalue weighted by molar-refractivity contribution is -0.389. The maximum atomic E-state index is 12.9. The molecule has 0 spiro atoms. The molecule has 0 aromatic carbocycles. The summed E-state index contributed by atoms with van der Waals surface area (Å²) in [6.07, 6.45) is 9.04. The van der Waals surface area contributed by atoms with Crippen LogP contribution in [0, 0.1) is 10.1 Å². The second-order valence-electron chi connectivity index (χ2n) is 6.18. The van der Waals surface area contributed by atoms with Gasteiger partial charge in [0.1, 0.15) is 12.2 Å². The zero-order chi connectivity index (χ0) is 18.8. The van der Waals surface area contributed by atoms with E-state index >= 15 is 0 Å². The molecule has 6 nitrogen and oxygen atoms in total. The van der Waals surface area contributed by atoms with E-state index in [-0.39, 0.29) is 17.5 Å². The minimum absolute atomic E-state index is 0.0715. The molecule has 3 aromatic rings. The Morgan fingerprint density at radius 2 is 2.04 bits per heavy atom. The molecule has 4 rings (SSSR count). The number of ketones is 1. The summed E-state index contributed by atoms with van der Waals surface area (Å²) in [5.74, 6) is -0.405. The molecule has 0 amide bonds. The Labute approximate surface area is 163 Å². The normalized spacial score (nSPS) is 20.1. The van der Waals surface area contributed by atoms with Gasteiger partial charge in [-0.2, -0.15) is 0 Å². The second kappa shape index (κ2) is 7.42. The molecule has 0 fully saturated rings. The average molecular weight is 397 g/mol. The molecule has 0 radical (unpaired) electrons. The largest absolute Gasteiger partial charge is 0.381 e. The third kappa shape index (κ3) is 3.67. The average Bonchev–Trinajstić information content (AvgIpc) is 3.41. The highest BCUT2D eigenvalue weighted by Gasteiger charge is 2.35. The van der Waals surface area contributed by atoms with Gasteiger partial charge in [0.2, 0.25) is 6.33 Å². The molecule has 8 heteroatoms. The monoisotopic (exact) mass is 397 g/mol. The summed E-state index contributed by atoms with van der Waals surface area (Å²) >= 11 is 3.23. The molecule has 136 valence electrons. The molecule has 27 heavy (non-hydrogen) atoms. The number of imidazole rings is 1. The van der Waals surface area contributed by atoms with Gasteiger partial charge < -0.3 is 10.1 Å². The maximum absolute atomic E-state index is 12.9. The fourth-order valence-corrected chi connectivity index (χ4v) is 4.74. The van der Waals surface area contributed by atoms with Crippen molar-refractivity contribution in [3.63, 3.8) is 0 Å². The number of rotatable bonds is 5. The topological polar surface area (TPSA) is 78.0 Å². The third-order valence-electron chi connectivity index (χ3n) is 4.47. The SMILES string of the molecule is O=C1C=C(C=Cc2cccs2)C[C@@H](c2cccs2)[C@@H]1n1cnc([N+](=O)[O-])c1. The van der Waals surface area contributed by atoms with Crippen molar-refractivity contribution in [2.45, 2.75) is 18.4 Å². The van der Waals surface area contributed by atoms with Crippen LogP contribution in [0.25, 0.3) is 6.08 Å². The van der Waals surface area contributed by atoms with Crippen molar-refractivity contribution in [2.75, 3.05) is 0 Å². The summed E-state index contributed by atoms with van der Waals surface area (Å²) in [4.78, 5) is 29.4. The molecular weight excluding hydrogens is 382 g/mol. The summed E-state index contributed by atoms with van der Waals surface area (Å²) in [5, 5.41) is 15.0. The molecule has 0 N–H and O–H groups in total. The van der Waals surface area contributed by atoms with E-state index in [1.165, 1.54) is 12.5 Å². The number of hydrogen-bond acceptors (Lipinski definition) is 6. The Morgan fingerprint density at radius 3 is 2.70 bits per heavy atom. The summed E-state index contributed by atoms with van der Waals surface area (Å²) in [7, 11) is 0. The van der Waals surface area contributed by atoms with Gasteiger partial charge in [-0.15, -0.1) is 22.7 Å².